The minimum atomic E-state index is -3.69. The van der Waals surface area contributed by atoms with Gasteiger partial charge in [0.2, 0.25) is 10.0 Å². The number of nitrogens with zero attached hydrogens (tertiary/aromatic N) is 3. The number of benzene rings is 1. The summed E-state index contributed by atoms with van der Waals surface area (Å²) < 4.78 is 32.4. The molecule has 2 heterocycles. The van der Waals surface area contributed by atoms with Gasteiger partial charge in [0, 0.05) is 31.0 Å². The number of amides is 1. The number of carbonyl (C=O) groups excluding carboxylic acids is 1. The second-order valence-corrected chi connectivity index (χ2v) is 8.86. The van der Waals surface area contributed by atoms with Crippen LogP contribution in [0.1, 0.15) is 23.2 Å². The molecule has 1 aliphatic heterocycles. The summed E-state index contributed by atoms with van der Waals surface area (Å²) in [6.07, 6.45) is 3.09. The van der Waals surface area contributed by atoms with Crippen LogP contribution in [0.2, 0.25) is 0 Å². The van der Waals surface area contributed by atoms with Crippen LogP contribution in [0.15, 0.2) is 34.6 Å². The number of thioether (sulfide) groups is 1. The Bertz CT molecular complexity index is 880. The van der Waals surface area contributed by atoms with Gasteiger partial charge in [-0.05, 0) is 31.0 Å². The average Bonchev–Trinajstić information content (AvgIpc) is 3.38. The van der Waals surface area contributed by atoms with Crippen molar-refractivity contribution in [3.63, 3.8) is 0 Å². The van der Waals surface area contributed by atoms with Gasteiger partial charge in [-0.25, -0.2) is 13.4 Å². The number of aromatic amines is 1. The topological polar surface area (TPSA) is 117 Å². The maximum absolute atomic E-state index is 12.9. The highest BCUT2D eigenvalue weighted by atomic mass is 32.2. The number of H-pyrrole nitrogens is 1. The van der Waals surface area contributed by atoms with Crippen molar-refractivity contribution in [3.05, 3.63) is 30.1 Å². The number of rotatable bonds is 8. The zero-order valence-electron chi connectivity index (χ0n) is 14.8. The highest BCUT2D eigenvalue weighted by molar-refractivity contribution is 7.99. The first kappa shape index (κ1) is 19.6. The van der Waals surface area contributed by atoms with E-state index in [1.54, 1.807) is 6.07 Å². The molecule has 0 saturated carbocycles. The third kappa shape index (κ3) is 4.60. The van der Waals surface area contributed by atoms with E-state index in [-0.39, 0.29) is 22.1 Å². The van der Waals surface area contributed by atoms with E-state index in [9.17, 15) is 13.2 Å². The van der Waals surface area contributed by atoms with Crippen LogP contribution in [0.3, 0.4) is 0 Å². The molecule has 9 nitrogen and oxygen atoms in total. The Morgan fingerprint density at radius 1 is 1.37 bits per heavy atom. The highest BCUT2D eigenvalue weighted by Crippen LogP contribution is 2.29. The molecule has 0 spiro atoms. The SMILES string of the molecule is COc1ccc(C(=O)NCCSc2ncn[nH]2)cc1S(=O)(=O)N1CCCC1. The minimum absolute atomic E-state index is 0.0237. The number of aromatic nitrogens is 3. The molecular formula is C16H21N5O4S2. The van der Waals surface area contributed by atoms with Gasteiger partial charge in [-0.1, -0.05) is 11.8 Å². The average molecular weight is 412 g/mol. The summed E-state index contributed by atoms with van der Waals surface area (Å²) in [7, 11) is -2.27. The lowest BCUT2D eigenvalue weighted by atomic mass is 10.2. The number of methoxy groups -OCH3 is 1. The molecule has 1 amide bonds. The normalized spacial score (nSPS) is 15.0. The molecule has 0 aliphatic carbocycles. The first-order valence-corrected chi connectivity index (χ1v) is 10.9. The Morgan fingerprint density at radius 2 is 2.15 bits per heavy atom. The molecule has 146 valence electrons. The fourth-order valence-electron chi connectivity index (χ4n) is 2.77. The zero-order chi connectivity index (χ0) is 19.3. The lowest BCUT2D eigenvalue weighted by Crippen LogP contribution is -2.29. The molecule has 11 heteroatoms. The summed E-state index contributed by atoms with van der Waals surface area (Å²) in [5.41, 5.74) is 0.276. The van der Waals surface area contributed by atoms with Crippen LogP contribution in [0.4, 0.5) is 0 Å². The number of ether oxygens (including phenoxy) is 1. The maximum atomic E-state index is 12.9. The lowest BCUT2D eigenvalue weighted by molar-refractivity contribution is 0.0956. The number of nitrogens with one attached hydrogen (secondary N) is 2. The maximum Gasteiger partial charge on any atom is 0.251 e. The summed E-state index contributed by atoms with van der Waals surface area (Å²) in [4.78, 5) is 16.4. The van der Waals surface area contributed by atoms with Gasteiger partial charge in [-0.15, -0.1) is 0 Å². The van der Waals surface area contributed by atoms with Gasteiger partial charge in [-0.3, -0.25) is 9.89 Å². The van der Waals surface area contributed by atoms with Crippen molar-refractivity contribution >= 4 is 27.7 Å². The molecule has 3 rings (SSSR count). The molecule has 27 heavy (non-hydrogen) atoms. The molecule has 1 saturated heterocycles. The first-order chi connectivity index (χ1) is 13.0. The standard InChI is InChI=1S/C16H21N5O4S2/c1-25-13-5-4-12(10-14(13)27(23,24)21-7-2-3-8-21)15(22)17-6-9-26-16-18-11-19-20-16/h4-5,10-11H,2-3,6-9H2,1H3,(H,17,22)(H,18,19,20). The molecule has 1 aromatic heterocycles. The smallest absolute Gasteiger partial charge is 0.251 e. The van der Waals surface area contributed by atoms with E-state index in [1.165, 1.54) is 41.6 Å². The van der Waals surface area contributed by atoms with E-state index in [4.69, 9.17) is 4.74 Å². The second-order valence-electron chi connectivity index (χ2n) is 5.87. The Morgan fingerprint density at radius 3 is 2.81 bits per heavy atom. The van der Waals surface area contributed by atoms with Crippen LogP contribution in [0.25, 0.3) is 0 Å². The van der Waals surface area contributed by atoms with Crippen molar-refractivity contribution < 1.29 is 17.9 Å². The second kappa shape index (κ2) is 8.72. The monoisotopic (exact) mass is 411 g/mol. The first-order valence-electron chi connectivity index (χ1n) is 8.47. The van der Waals surface area contributed by atoms with Gasteiger partial charge in [0.25, 0.3) is 5.91 Å². The van der Waals surface area contributed by atoms with E-state index < -0.39 is 10.0 Å². The van der Waals surface area contributed by atoms with E-state index in [1.807, 2.05) is 0 Å². The van der Waals surface area contributed by atoms with Crippen molar-refractivity contribution in [2.45, 2.75) is 22.9 Å². The molecule has 0 radical (unpaired) electrons. The van der Waals surface area contributed by atoms with E-state index >= 15 is 0 Å². The van der Waals surface area contributed by atoms with Gasteiger partial charge >= 0.3 is 0 Å². The van der Waals surface area contributed by atoms with E-state index in [2.05, 4.69) is 20.5 Å². The molecule has 0 atom stereocenters. The lowest BCUT2D eigenvalue weighted by Gasteiger charge is -2.18. The Balaban J connectivity index is 1.69. The van der Waals surface area contributed by atoms with Gasteiger partial charge in [0.1, 0.15) is 17.0 Å². The summed E-state index contributed by atoms with van der Waals surface area (Å²) in [5.74, 6) is 0.503. The van der Waals surface area contributed by atoms with Crippen molar-refractivity contribution in [1.29, 1.82) is 0 Å². The van der Waals surface area contributed by atoms with Gasteiger partial charge < -0.3 is 10.1 Å². The summed E-state index contributed by atoms with van der Waals surface area (Å²) >= 11 is 1.43. The third-order valence-corrected chi connectivity index (χ3v) is 6.93. The fourth-order valence-corrected chi connectivity index (χ4v) is 5.10. The number of hydrogen-bond donors (Lipinski definition) is 2. The molecular weight excluding hydrogens is 390 g/mol. The van der Waals surface area contributed by atoms with Crippen LogP contribution >= 0.6 is 11.8 Å². The summed E-state index contributed by atoms with van der Waals surface area (Å²) in [6.45, 7) is 1.38. The zero-order valence-corrected chi connectivity index (χ0v) is 16.5. The third-order valence-electron chi connectivity index (χ3n) is 4.13. The fraction of sp³-hybridized carbons (Fsp3) is 0.438. The molecule has 0 unspecified atom stereocenters. The van der Waals surface area contributed by atoms with Gasteiger partial charge in [-0.2, -0.15) is 9.40 Å². The summed E-state index contributed by atoms with van der Waals surface area (Å²) in [5, 5.41) is 9.92. The predicted molar refractivity (Wildman–Crippen MR) is 100 cm³/mol. The molecule has 2 N–H and O–H groups in total. The minimum Gasteiger partial charge on any atom is -0.495 e. The Kier molecular flexibility index (Phi) is 6.34. The number of hydrogen-bond acceptors (Lipinski definition) is 7. The molecule has 0 bridgehead atoms. The number of sulfonamides is 1. The van der Waals surface area contributed by atoms with Gasteiger partial charge in [0.05, 0.1) is 7.11 Å². The summed E-state index contributed by atoms with van der Waals surface area (Å²) in [6, 6.07) is 4.45. The molecule has 2 aromatic rings. The van der Waals surface area contributed by atoms with Crippen molar-refractivity contribution in [3.8, 4) is 5.75 Å². The Hall–Kier alpha value is -2.11. The van der Waals surface area contributed by atoms with Crippen LogP contribution in [-0.2, 0) is 10.0 Å². The van der Waals surface area contributed by atoms with Crippen LogP contribution in [0, 0.1) is 0 Å². The van der Waals surface area contributed by atoms with Crippen LogP contribution < -0.4 is 10.1 Å². The Labute approximate surface area is 161 Å². The van der Waals surface area contributed by atoms with Crippen molar-refractivity contribution in [2.24, 2.45) is 0 Å². The molecule has 1 aliphatic rings. The van der Waals surface area contributed by atoms with Crippen LogP contribution in [0.5, 0.6) is 5.75 Å². The predicted octanol–water partition coefficient (Wildman–Crippen LogP) is 1.12. The highest BCUT2D eigenvalue weighted by Gasteiger charge is 2.30. The van der Waals surface area contributed by atoms with E-state index in [0.29, 0.717) is 30.5 Å². The van der Waals surface area contributed by atoms with Crippen molar-refractivity contribution in [2.75, 3.05) is 32.5 Å². The number of carbonyl (C=O) groups is 1. The van der Waals surface area contributed by atoms with E-state index in [0.717, 1.165) is 12.8 Å². The molecule has 1 aromatic carbocycles. The largest absolute Gasteiger partial charge is 0.495 e. The van der Waals surface area contributed by atoms with Gasteiger partial charge in [0.15, 0.2) is 5.16 Å². The van der Waals surface area contributed by atoms with Crippen molar-refractivity contribution in [1.82, 2.24) is 24.8 Å². The van der Waals surface area contributed by atoms with Crippen LogP contribution in [-0.4, -0.2) is 66.3 Å². The quantitative estimate of drug-likeness (QED) is 0.494. The molecule has 1 fully saturated rings.